The Labute approximate surface area is 156 Å². The van der Waals surface area contributed by atoms with Gasteiger partial charge >= 0.3 is 0 Å². The summed E-state index contributed by atoms with van der Waals surface area (Å²) in [6, 6.07) is 10.5. The van der Waals surface area contributed by atoms with E-state index < -0.39 is 0 Å². The third-order valence-corrected chi connectivity index (χ3v) is 6.90. The smallest absolute Gasteiger partial charge is 0.225 e. The number of carbonyl (C=O) groups is 2. The summed E-state index contributed by atoms with van der Waals surface area (Å²) in [5.74, 6) is 2.36. The number of hydrogen-bond donors (Lipinski definition) is 1. The highest BCUT2D eigenvalue weighted by atomic mass is 16.2. The Hall–Kier alpha value is -1.84. The van der Waals surface area contributed by atoms with E-state index in [1.807, 2.05) is 23.1 Å². The predicted molar refractivity (Wildman–Crippen MR) is 101 cm³/mol. The van der Waals surface area contributed by atoms with E-state index in [0.717, 1.165) is 18.3 Å². The molecule has 2 saturated carbocycles. The van der Waals surface area contributed by atoms with Gasteiger partial charge in [-0.05, 0) is 55.9 Å². The molecule has 0 aromatic heterocycles. The number of nitrogens with zero attached hydrogens (tertiary/aromatic N) is 1. The van der Waals surface area contributed by atoms with Crippen molar-refractivity contribution in [1.29, 1.82) is 0 Å². The zero-order valence-corrected chi connectivity index (χ0v) is 15.7. The van der Waals surface area contributed by atoms with Gasteiger partial charge in [-0.2, -0.15) is 0 Å². The van der Waals surface area contributed by atoms with Crippen LogP contribution in [0.1, 0.15) is 44.6 Å². The molecule has 1 aliphatic heterocycles. The Kier molecular flexibility index (Phi) is 5.01. The number of carbonyl (C=O) groups excluding carboxylic acids is 2. The number of hydrogen-bond acceptors (Lipinski definition) is 2. The van der Waals surface area contributed by atoms with Gasteiger partial charge < -0.3 is 10.2 Å². The lowest BCUT2D eigenvalue weighted by atomic mass is 9.84. The first-order valence-corrected chi connectivity index (χ1v) is 10.2. The van der Waals surface area contributed by atoms with E-state index in [4.69, 9.17) is 0 Å². The molecule has 3 aliphatic rings. The van der Waals surface area contributed by atoms with Gasteiger partial charge in [-0.15, -0.1) is 0 Å². The summed E-state index contributed by atoms with van der Waals surface area (Å²) in [6.45, 7) is 3.43. The van der Waals surface area contributed by atoms with Crippen molar-refractivity contribution in [2.24, 2.45) is 23.7 Å². The molecule has 140 valence electrons. The van der Waals surface area contributed by atoms with Gasteiger partial charge in [0.25, 0.3) is 0 Å². The largest absolute Gasteiger partial charge is 0.353 e. The van der Waals surface area contributed by atoms with Crippen LogP contribution in [0.15, 0.2) is 30.3 Å². The van der Waals surface area contributed by atoms with Crippen LogP contribution in [0, 0.1) is 23.7 Å². The van der Waals surface area contributed by atoms with Crippen molar-refractivity contribution in [3.8, 4) is 0 Å². The number of rotatable bonds is 6. The normalized spacial score (nSPS) is 31.4. The first-order chi connectivity index (χ1) is 12.6. The number of nitrogens with one attached hydrogen (secondary N) is 1. The van der Waals surface area contributed by atoms with E-state index in [-0.39, 0.29) is 23.8 Å². The van der Waals surface area contributed by atoms with Crippen LogP contribution >= 0.6 is 0 Å². The molecule has 2 aliphatic carbocycles. The summed E-state index contributed by atoms with van der Waals surface area (Å²) < 4.78 is 0. The minimum atomic E-state index is -0.181. The predicted octanol–water partition coefficient (Wildman–Crippen LogP) is 3.02. The molecule has 0 spiro atoms. The molecule has 4 nitrogen and oxygen atoms in total. The molecule has 1 heterocycles. The van der Waals surface area contributed by atoms with Crippen molar-refractivity contribution in [2.75, 3.05) is 13.1 Å². The fourth-order valence-corrected chi connectivity index (χ4v) is 5.43. The van der Waals surface area contributed by atoms with Crippen molar-refractivity contribution >= 4 is 11.8 Å². The van der Waals surface area contributed by atoms with Gasteiger partial charge in [-0.25, -0.2) is 0 Å². The second kappa shape index (κ2) is 7.42. The highest BCUT2D eigenvalue weighted by Crippen LogP contribution is 2.49. The van der Waals surface area contributed by atoms with Crippen molar-refractivity contribution in [2.45, 2.75) is 51.5 Å². The van der Waals surface area contributed by atoms with Gasteiger partial charge in [0.15, 0.2) is 0 Å². The fourth-order valence-electron chi connectivity index (χ4n) is 5.43. The van der Waals surface area contributed by atoms with Gasteiger partial charge in [0.2, 0.25) is 11.8 Å². The maximum atomic E-state index is 12.7. The van der Waals surface area contributed by atoms with Crippen molar-refractivity contribution in [3.63, 3.8) is 0 Å². The Morgan fingerprint density at radius 3 is 2.73 bits per heavy atom. The van der Waals surface area contributed by atoms with Crippen LogP contribution in [-0.2, 0) is 16.0 Å². The van der Waals surface area contributed by atoms with Crippen LogP contribution in [0.25, 0.3) is 0 Å². The average molecular weight is 354 g/mol. The molecule has 2 amide bonds. The quantitative estimate of drug-likeness (QED) is 0.854. The highest BCUT2D eigenvalue weighted by molar-refractivity contribution is 5.89. The van der Waals surface area contributed by atoms with E-state index >= 15 is 0 Å². The van der Waals surface area contributed by atoms with E-state index in [1.165, 1.54) is 31.2 Å². The van der Waals surface area contributed by atoms with Crippen LogP contribution in [0.5, 0.6) is 0 Å². The molecule has 3 fully saturated rings. The minimum absolute atomic E-state index is 0.0795. The van der Waals surface area contributed by atoms with Crippen molar-refractivity contribution < 1.29 is 9.59 Å². The van der Waals surface area contributed by atoms with E-state index in [9.17, 15) is 9.59 Å². The Morgan fingerprint density at radius 2 is 2.04 bits per heavy atom. The minimum Gasteiger partial charge on any atom is -0.353 e. The number of amides is 2. The van der Waals surface area contributed by atoms with E-state index in [0.29, 0.717) is 25.4 Å². The lowest BCUT2D eigenvalue weighted by Gasteiger charge is -2.29. The van der Waals surface area contributed by atoms with Gasteiger partial charge in [-0.3, -0.25) is 9.59 Å². The maximum absolute atomic E-state index is 12.7. The van der Waals surface area contributed by atoms with E-state index in [1.54, 1.807) is 0 Å². The lowest BCUT2D eigenvalue weighted by molar-refractivity contribution is -0.129. The fraction of sp³-hybridized carbons (Fsp3) is 0.636. The molecule has 5 atom stereocenters. The summed E-state index contributed by atoms with van der Waals surface area (Å²) in [5.41, 5.74) is 1.23. The number of likely N-dealkylation sites (tertiary alicyclic amines) is 1. The average Bonchev–Trinajstić information content (AvgIpc) is 3.36. The zero-order valence-electron chi connectivity index (χ0n) is 15.7. The SMILES string of the molecule is CC(NC(=O)C1CC(=O)N(CCc2ccccc2)C1)C1CC2CCC1C2. The van der Waals surface area contributed by atoms with Gasteiger partial charge in [0.1, 0.15) is 0 Å². The topological polar surface area (TPSA) is 49.4 Å². The summed E-state index contributed by atoms with van der Waals surface area (Å²) >= 11 is 0. The third kappa shape index (κ3) is 3.65. The maximum Gasteiger partial charge on any atom is 0.225 e. The zero-order chi connectivity index (χ0) is 18.1. The number of benzene rings is 1. The number of fused-ring (bicyclic) bond motifs is 2. The van der Waals surface area contributed by atoms with Crippen molar-refractivity contribution in [1.82, 2.24) is 10.2 Å². The summed E-state index contributed by atoms with van der Waals surface area (Å²) in [4.78, 5) is 26.9. The third-order valence-electron chi connectivity index (χ3n) is 6.90. The van der Waals surface area contributed by atoms with Crippen LogP contribution in [0.4, 0.5) is 0 Å². The summed E-state index contributed by atoms with van der Waals surface area (Å²) in [7, 11) is 0. The van der Waals surface area contributed by atoms with Crippen LogP contribution in [0.2, 0.25) is 0 Å². The molecular formula is C22H30N2O2. The van der Waals surface area contributed by atoms with E-state index in [2.05, 4.69) is 24.4 Å². The molecule has 1 aromatic carbocycles. The summed E-state index contributed by atoms with van der Waals surface area (Å²) in [5, 5.41) is 3.25. The van der Waals surface area contributed by atoms with Crippen LogP contribution in [0.3, 0.4) is 0 Å². The molecule has 5 unspecified atom stereocenters. The molecule has 4 rings (SSSR count). The Morgan fingerprint density at radius 1 is 1.23 bits per heavy atom. The first-order valence-electron chi connectivity index (χ1n) is 10.2. The van der Waals surface area contributed by atoms with Gasteiger partial charge in [0.05, 0.1) is 5.92 Å². The molecule has 1 aromatic rings. The summed E-state index contributed by atoms with van der Waals surface area (Å²) in [6.07, 6.45) is 6.57. The van der Waals surface area contributed by atoms with Crippen LogP contribution in [-0.4, -0.2) is 35.8 Å². The standard InChI is InChI=1S/C22H30N2O2/c1-15(20-12-17-7-8-18(20)11-17)23-22(26)19-13-21(25)24(14-19)10-9-16-5-3-2-4-6-16/h2-6,15,17-20H,7-14H2,1H3,(H,23,26). The van der Waals surface area contributed by atoms with Gasteiger partial charge in [0, 0.05) is 25.6 Å². The first kappa shape index (κ1) is 17.6. The molecule has 1 N–H and O–H groups in total. The molecule has 4 heteroatoms. The second-order valence-corrected chi connectivity index (χ2v) is 8.61. The molecular weight excluding hydrogens is 324 g/mol. The highest BCUT2D eigenvalue weighted by Gasteiger charge is 2.43. The molecule has 2 bridgehead atoms. The lowest BCUT2D eigenvalue weighted by Crippen LogP contribution is -2.43. The Balaban J connectivity index is 1.27. The van der Waals surface area contributed by atoms with Crippen LogP contribution < -0.4 is 5.32 Å². The molecule has 1 saturated heterocycles. The van der Waals surface area contributed by atoms with Crippen molar-refractivity contribution in [3.05, 3.63) is 35.9 Å². The monoisotopic (exact) mass is 354 g/mol. The molecule has 26 heavy (non-hydrogen) atoms. The Bertz CT molecular complexity index is 659. The second-order valence-electron chi connectivity index (χ2n) is 8.61. The molecule has 0 radical (unpaired) electrons. The van der Waals surface area contributed by atoms with Gasteiger partial charge in [-0.1, -0.05) is 36.8 Å².